The van der Waals surface area contributed by atoms with Crippen LogP contribution in [0.5, 0.6) is 0 Å². The van der Waals surface area contributed by atoms with Gasteiger partial charge >= 0.3 is 0 Å². The van der Waals surface area contributed by atoms with Crippen molar-refractivity contribution in [3.63, 3.8) is 0 Å². The Bertz CT molecular complexity index is 623. The van der Waals surface area contributed by atoms with Crippen LogP contribution in [-0.2, 0) is 6.54 Å². The van der Waals surface area contributed by atoms with Gasteiger partial charge in [-0.05, 0) is 6.92 Å². The molecule has 7 nitrogen and oxygen atoms in total. The van der Waals surface area contributed by atoms with E-state index in [2.05, 4.69) is 4.98 Å². The Kier molecular flexibility index (Phi) is 6.54. The molecule has 0 saturated heterocycles. The molecule has 0 amide bonds. The highest BCUT2D eigenvalue weighted by atomic mass is 35.7. The summed E-state index contributed by atoms with van der Waals surface area (Å²) >= 11 is 0. The lowest BCUT2D eigenvalue weighted by molar-refractivity contribution is -2.00. The normalized spacial score (nSPS) is 10.6. The van der Waals surface area contributed by atoms with Crippen molar-refractivity contribution in [1.29, 1.82) is 0 Å². The standard InChI is InChI=1S/C14H15N2O.ClHO4/c1-11-9-16(12(2)8-15-11)10-14(17)13-6-4-3-5-7-13;2-1(3,4)5/h3-9H,10H2,1-2H3;(H,2,3,4,5)/q+1;/p-1. The number of ketones is 1. The maximum absolute atomic E-state index is 12.0. The number of nitrogens with zero attached hydrogens (tertiary/aromatic N) is 2. The van der Waals surface area contributed by atoms with Crippen molar-refractivity contribution in [2.45, 2.75) is 20.4 Å². The molecule has 1 aromatic carbocycles. The first-order chi connectivity index (χ1) is 10.2. The maximum Gasteiger partial charge on any atom is 0.227 e. The first kappa shape index (κ1) is 18.1. The summed E-state index contributed by atoms with van der Waals surface area (Å²) in [6.45, 7) is 4.23. The molecule has 0 atom stereocenters. The number of benzene rings is 1. The van der Waals surface area contributed by atoms with Crippen molar-refractivity contribution >= 4 is 5.78 Å². The van der Waals surface area contributed by atoms with Gasteiger partial charge in [0.25, 0.3) is 0 Å². The smallest absolute Gasteiger partial charge is 0.227 e. The van der Waals surface area contributed by atoms with E-state index in [1.54, 1.807) is 6.20 Å². The third-order valence-electron chi connectivity index (χ3n) is 2.66. The number of carbonyl (C=O) groups excluding carboxylic acids is 1. The lowest BCUT2D eigenvalue weighted by Crippen LogP contribution is -2.68. The van der Waals surface area contributed by atoms with Crippen LogP contribution >= 0.6 is 0 Å². The second-order valence-electron chi connectivity index (χ2n) is 4.47. The number of hydrogen-bond donors (Lipinski definition) is 0. The van der Waals surface area contributed by atoms with Crippen molar-refractivity contribution in [3.05, 3.63) is 59.7 Å². The molecule has 0 fully saturated rings. The summed E-state index contributed by atoms with van der Waals surface area (Å²) in [6.07, 6.45) is 3.68. The number of rotatable bonds is 3. The molecule has 1 aromatic heterocycles. The second kappa shape index (κ2) is 7.92. The average Bonchev–Trinajstić information content (AvgIpc) is 2.42. The van der Waals surface area contributed by atoms with Gasteiger partial charge < -0.3 is 0 Å². The first-order valence-corrected chi connectivity index (χ1v) is 7.43. The van der Waals surface area contributed by atoms with Gasteiger partial charge in [-0.25, -0.2) is 23.6 Å². The molecule has 0 aliphatic heterocycles. The van der Waals surface area contributed by atoms with Crippen LogP contribution in [0.4, 0.5) is 0 Å². The SMILES string of the molecule is Cc1c[n+](CC(=O)c2ccccc2)c(C)cn1.[O-][Cl+3]([O-])([O-])[O-]. The zero-order valence-electron chi connectivity index (χ0n) is 12.1. The van der Waals surface area contributed by atoms with E-state index in [4.69, 9.17) is 18.6 Å². The number of halogens is 1. The van der Waals surface area contributed by atoms with Crippen LogP contribution in [0.15, 0.2) is 42.7 Å². The van der Waals surface area contributed by atoms with Gasteiger partial charge in [0.05, 0.1) is 6.20 Å². The Hall–Kier alpha value is -1.90. The number of aryl methyl sites for hydroxylation is 2. The maximum atomic E-state index is 12.0. The summed E-state index contributed by atoms with van der Waals surface area (Å²) in [5.74, 6) is 0.115. The minimum atomic E-state index is -4.94. The Balaban J connectivity index is 0.000000422. The quantitative estimate of drug-likeness (QED) is 0.440. The third-order valence-corrected chi connectivity index (χ3v) is 2.66. The van der Waals surface area contributed by atoms with E-state index in [0.29, 0.717) is 6.54 Å². The van der Waals surface area contributed by atoms with Crippen LogP contribution in [0.2, 0.25) is 0 Å². The fraction of sp³-hybridized carbons (Fsp3) is 0.214. The second-order valence-corrected chi connectivity index (χ2v) is 5.22. The largest absolute Gasteiger partial charge is 0.287 e. The first-order valence-electron chi connectivity index (χ1n) is 6.19. The number of aromatic nitrogens is 2. The fourth-order valence-electron chi connectivity index (χ4n) is 1.67. The third kappa shape index (κ3) is 7.21. The monoisotopic (exact) mass is 326 g/mol. The van der Waals surface area contributed by atoms with Crippen molar-refractivity contribution in [1.82, 2.24) is 4.98 Å². The van der Waals surface area contributed by atoms with Crippen molar-refractivity contribution in [2.75, 3.05) is 0 Å². The van der Waals surface area contributed by atoms with Gasteiger partial charge in [-0.2, -0.15) is 4.57 Å². The predicted molar refractivity (Wildman–Crippen MR) is 64.7 cm³/mol. The van der Waals surface area contributed by atoms with E-state index in [9.17, 15) is 4.79 Å². The lowest BCUT2D eigenvalue weighted by Gasteiger charge is -2.17. The molecule has 0 radical (unpaired) electrons. The Morgan fingerprint density at radius 3 is 2.23 bits per heavy atom. The molecule has 0 bridgehead atoms. The van der Waals surface area contributed by atoms with Gasteiger partial charge in [0, 0.05) is 12.5 Å². The van der Waals surface area contributed by atoms with E-state index in [-0.39, 0.29) is 5.78 Å². The van der Waals surface area contributed by atoms with Crippen molar-refractivity contribution < 1.29 is 38.2 Å². The minimum absolute atomic E-state index is 0.115. The zero-order valence-corrected chi connectivity index (χ0v) is 12.8. The van der Waals surface area contributed by atoms with Gasteiger partial charge in [-0.3, -0.25) is 4.79 Å². The molecule has 2 rings (SSSR count). The zero-order chi connectivity index (χ0) is 16.8. The Morgan fingerprint density at radius 1 is 1.14 bits per heavy atom. The molecule has 0 unspecified atom stereocenters. The number of Topliss-reactive ketones (excluding diaryl/α,β-unsaturated/α-hetero) is 1. The molecular weight excluding hydrogens is 312 g/mol. The minimum Gasteiger partial charge on any atom is -0.287 e. The summed E-state index contributed by atoms with van der Waals surface area (Å²) < 4.78 is 35.9. The highest BCUT2D eigenvalue weighted by molar-refractivity contribution is 5.94. The molecule has 0 N–H and O–H groups in total. The summed E-state index contributed by atoms with van der Waals surface area (Å²) in [6, 6.07) is 9.34. The van der Waals surface area contributed by atoms with Crippen molar-refractivity contribution in [3.8, 4) is 0 Å². The predicted octanol–water partition coefficient (Wildman–Crippen LogP) is -2.89. The van der Waals surface area contributed by atoms with E-state index in [1.165, 1.54) is 0 Å². The molecule has 22 heavy (non-hydrogen) atoms. The van der Waals surface area contributed by atoms with E-state index >= 15 is 0 Å². The highest BCUT2D eigenvalue weighted by Crippen LogP contribution is 2.00. The molecule has 0 saturated carbocycles. The molecule has 0 aliphatic carbocycles. The lowest BCUT2D eigenvalue weighted by atomic mass is 10.1. The Morgan fingerprint density at radius 2 is 1.68 bits per heavy atom. The topological polar surface area (TPSA) is 126 Å². The van der Waals surface area contributed by atoms with Gasteiger partial charge in [-0.15, -0.1) is 10.2 Å². The summed E-state index contributed by atoms with van der Waals surface area (Å²) in [7, 11) is -4.94. The van der Waals surface area contributed by atoms with Gasteiger partial charge in [0.15, 0.2) is 11.9 Å². The van der Waals surface area contributed by atoms with E-state index in [1.807, 2.05) is 54.9 Å². The number of hydrogen-bond acceptors (Lipinski definition) is 6. The van der Waals surface area contributed by atoms with Gasteiger partial charge in [0.1, 0.15) is 5.69 Å². The fourth-order valence-corrected chi connectivity index (χ4v) is 1.67. The van der Waals surface area contributed by atoms with Crippen LogP contribution in [0.3, 0.4) is 0 Å². The molecule has 1 heterocycles. The van der Waals surface area contributed by atoms with Gasteiger partial charge in [-0.1, -0.05) is 30.3 Å². The van der Waals surface area contributed by atoms with E-state index in [0.717, 1.165) is 17.0 Å². The summed E-state index contributed by atoms with van der Waals surface area (Å²) in [4.78, 5) is 16.2. The highest BCUT2D eigenvalue weighted by Gasteiger charge is 2.14. The van der Waals surface area contributed by atoms with Crippen molar-refractivity contribution in [2.24, 2.45) is 0 Å². The molecule has 0 aliphatic rings. The summed E-state index contributed by atoms with van der Waals surface area (Å²) in [5.41, 5.74) is 2.64. The Labute approximate surface area is 129 Å². The molecular formula is C14H15ClN2O5. The van der Waals surface area contributed by atoms with Crippen LogP contribution in [0, 0.1) is 24.1 Å². The molecule has 0 spiro atoms. The van der Waals surface area contributed by atoms with E-state index < -0.39 is 10.2 Å². The molecule has 118 valence electrons. The van der Waals surface area contributed by atoms with Crippen LogP contribution < -0.4 is 23.2 Å². The molecule has 2 aromatic rings. The van der Waals surface area contributed by atoms with Crippen LogP contribution in [0.25, 0.3) is 0 Å². The number of carbonyl (C=O) groups is 1. The summed E-state index contributed by atoms with van der Waals surface area (Å²) in [5, 5.41) is 0. The molecule has 8 heteroatoms. The van der Waals surface area contributed by atoms with Crippen LogP contribution in [-0.4, -0.2) is 10.8 Å². The van der Waals surface area contributed by atoms with Crippen LogP contribution in [0.1, 0.15) is 21.7 Å². The van der Waals surface area contributed by atoms with Gasteiger partial charge in [0.2, 0.25) is 12.3 Å². The average molecular weight is 327 g/mol.